The number of rotatable bonds is 5. The lowest BCUT2D eigenvalue weighted by atomic mass is 9.80. The number of hydrogen-bond acceptors (Lipinski definition) is 6. The van der Waals surface area contributed by atoms with E-state index in [4.69, 9.17) is 24.5 Å². The summed E-state index contributed by atoms with van der Waals surface area (Å²) in [7, 11) is -0.474. The Balaban J connectivity index is 2.08. The van der Waals surface area contributed by atoms with Gasteiger partial charge in [0, 0.05) is 17.1 Å². The molecule has 1 atom stereocenters. The van der Waals surface area contributed by atoms with Gasteiger partial charge in [-0.15, -0.1) is 0 Å². The van der Waals surface area contributed by atoms with E-state index in [-0.39, 0.29) is 18.1 Å². The summed E-state index contributed by atoms with van der Waals surface area (Å²) in [6, 6.07) is 3.61. The highest BCUT2D eigenvalue weighted by Gasteiger charge is 2.51. The first-order chi connectivity index (χ1) is 11.8. The van der Waals surface area contributed by atoms with Gasteiger partial charge in [0.25, 0.3) is 0 Å². The molecule has 2 rings (SSSR count). The number of primary amides is 1. The number of nitrogens with two attached hydrogens (primary N) is 1. The van der Waals surface area contributed by atoms with E-state index < -0.39 is 24.4 Å². The molecule has 1 aliphatic heterocycles. The molecule has 144 valence electrons. The van der Waals surface area contributed by atoms with Crippen molar-refractivity contribution in [2.45, 2.75) is 65.8 Å². The molecular formula is C18H29BN2O5. The van der Waals surface area contributed by atoms with Gasteiger partial charge >= 0.3 is 13.2 Å². The number of hydrogen-bond donors (Lipinski definition) is 1. The number of amides is 1. The second-order valence-corrected chi connectivity index (χ2v) is 8.62. The molecule has 0 aromatic carbocycles. The van der Waals surface area contributed by atoms with E-state index in [9.17, 15) is 4.79 Å². The third-order valence-corrected chi connectivity index (χ3v) is 4.89. The molecule has 0 aliphatic carbocycles. The first-order valence-electron chi connectivity index (χ1n) is 8.72. The maximum Gasteiger partial charge on any atom is 0.496 e. The van der Waals surface area contributed by atoms with Crippen LogP contribution in [0.15, 0.2) is 18.3 Å². The molecule has 2 heterocycles. The summed E-state index contributed by atoms with van der Waals surface area (Å²) in [4.78, 5) is 15.2. The molecule has 0 spiro atoms. The Labute approximate surface area is 155 Å². The maximum atomic E-state index is 10.9. The zero-order chi connectivity index (χ0) is 19.8. The maximum absolute atomic E-state index is 10.9. The molecule has 0 radical (unpaired) electrons. The zero-order valence-electron chi connectivity index (χ0n) is 16.7. The second kappa shape index (κ2) is 7.08. The Morgan fingerprint density at radius 2 is 1.81 bits per heavy atom. The van der Waals surface area contributed by atoms with Crippen LogP contribution >= 0.6 is 0 Å². The number of nitrogens with zero attached hydrogens (tertiary/aromatic N) is 1. The van der Waals surface area contributed by atoms with Gasteiger partial charge in [-0.3, -0.25) is 0 Å². The highest BCUT2D eigenvalue weighted by Crippen LogP contribution is 2.36. The molecule has 26 heavy (non-hydrogen) atoms. The summed E-state index contributed by atoms with van der Waals surface area (Å²) >= 11 is 0. The Bertz CT molecular complexity index is 624. The molecule has 0 saturated carbocycles. The standard InChI is InChI=1S/C18H29BN2O5/c1-16(2,3)13(11-23-15(20)22)24-14-9-8-12(10-21-14)19-25-17(4,5)18(6,7)26-19/h8-10,13H,11H2,1-7H3,(H2,20,22). The van der Waals surface area contributed by atoms with Crippen LogP contribution in [-0.2, 0) is 14.0 Å². The predicted octanol–water partition coefficient (Wildman–Crippen LogP) is 2.27. The normalized spacial score (nSPS) is 19.9. The number of carbonyl (C=O) groups excluding carboxylic acids is 1. The van der Waals surface area contributed by atoms with Crippen molar-refractivity contribution in [3.05, 3.63) is 18.3 Å². The van der Waals surface area contributed by atoms with Crippen molar-refractivity contribution in [3.63, 3.8) is 0 Å². The lowest BCUT2D eigenvalue weighted by Gasteiger charge is -2.32. The average molecular weight is 364 g/mol. The van der Waals surface area contributed by atoms with E-state index in [1.165, 1.54) is 0 Å². The smallest absolute Gasteiger partial charge is 0.470 e. The summed E-state index contributed by atoms with van der Waals surface area (Å²) in [5.41, 5.74) is 4.79. The minimum absolute atomic E-state index is 0.0551. The molecule has 1 fully saturated rings. The van der Waals surface area contributed by atoms with Crippen LogP contribution in [0.25, 0.3) is 0 Å². The van der Waals surface area contributed by atoms with Gasteiger partial charge in [-0.1, -0.05) is 26.8 Å². The average Bonchev–Trinajstić information content (AvgIpc) is 2.71. The van der Waals surface area contributed by atoms with Crippen molar-refractivity contribution < 1.29 is 23.6 Å². The van der Waals surface area contributed by atoms with Crippen molar-refractivity contribution in [1.82, 2.24) is 4.98 Å². The first-order valence-corrected chi connectivity index (χ1v) is 8.72. The van der Waals surface area contributed by atoms with E-state index in [0.717, 1.165) is 5.46 Å². The fourth-order valence-electron chi connectivity index (χ4n) is 2.34. The van der Waals surface area contributed by atoms with Gasteiger partial charge in [0.1, 0.15) is 12.7 Å². The molecular weight excluding hydrogens is 335 g/mol. The lowest BCUT2D eigenvalue weighted by Crippen LogP contribution is -2.41. The van der Waals surface area contributed by atoms with Crippen LogP contribution < -0.4 is 15.9 Å². The Kier molecular flexibility index (Phi) is 5.59. The molecule has 1 saturated heterocycles. The van der Waals surface area contributed by atoms with Gasteiger partial charge in [-0.25, -0.2) is 9.78 Å². The van der Waals surface area contributed by atoms with Crippen LogP contribution in [0.2, 0.25) is 0 Å². The van der Waals surface area contributed by atoms with Gasteiger partial charge in [-0.05, 0) is 33.8 Å². The third kappa shape index (κ3) is 4.68. The quantitative estimate of drug-likeness (QED) is 0.806. The zero-order valence-corrected chi connectivity index (χ0v) is 16.7. The fourth-order valence-corrected chi connectivity index (χ4v) is 2.34. The van der Waals surface area contributed by atoms with E-state index in [0.29, 0.717) is 5.88 Å². The molecule has 1 aliphatic rings. The van der Waals surface area contributed by atoms with Crippen LogP contribution in [-0.4, -0.2) is 42.1 Å². The van der Waals surface area contributed by atoms with Crippen molar-refractivity contribution in [3.8, 4) is 5.88 Å². The fraction of sp³-hybridized carbons (Fsp3) is 0.667. The molecule has 1 unspecified atom stereocenters. The number of ether oxygens (including phenoxy) is 2. The molecule has 8 heteroatoms. The van der Waals surface area contributed by atoms with Crippen LogP contribution in [0.3, 0.4) is 0 Å². The van der Waals surface area contributed by atoms with Gasteiger partial charge in [0.2, 0.25) is 5.88 Å². The SMILES string of the molecule is CC(C)(C)C(COC(N)=O)Oc1ccc(B2OC(C)(C)C(C)(C)O2)cn1. The molecule has 7 nitrogen and oxygen atoms in total. The van der Waals surface area contributed by atoms with Crippen LogP contribution in [0, 0.1) is 5.41 Å². The van der Waals surface area contributed by atoms with Gasteiger partial charge in [-0.2, -0.15) is 0 Å². The monoisotopic (exact) mass is 364 g/mol. The van der Waals surface area contributed by atoms with E-state index >= 15 is 0 Å². The molecule has 1 amide bonds. The summed E-state index contributed by atoms with van der Waals surface area (Å²) < 4.78 is 22.8. The van der Waals surface area contributed by atoms with Crippen LogP contribution in [0.1, 0.15) is 48.5 Å². The van der Waals surface area contributed by atoms with E-state index in [1.54, 1.807) is 12.3 Å². The Morgan fingerprint density at radius 1 is 1.23 bits per heavy atom. The largest absolute Gasteiger partial charge is 0.496 e. The van der Waals surface area contributed by atoms with E-state index in [2.05, 4.69) is 4.98 Å². The number of pyridine rings is 1. The van der Waals surface area contributed by atoms with Crippen LogP contribution in [0.5, 0.6) is 5.88 Å². The number of aromatic nitrogens is 1. The van der Waals surface area contributed by atoms with Crippen molar-refractivity contribution in [2.75, 3.05) is 6.61 Å². The lowest BCUT2D eigenvalue weighted by molar-refractivity contribution is 0.00578. The topological polar surface area (TPSA) is 92.9 Å². The third-order valence-electron chi connectivity index (χ3n) is 4.89. The Morgan fingerprint density at radius 3 is 2.23 bits per heavy atom. The molecule has 2 N–H and O–H groups in total. The first kappa shape index (κ1) is 20.5. The Hall–Kier alpha value is -1.80. The predicted molar refractivity (Wildman–Crippen MR) is 99.4 cm³/mol. The summed E-state index contributed by atoms with van der Waals surface area (Å²) in [5.74, 6) is 0.429. The van der Waals surface area contributed by atoms with Crippen molar-refractivity contribution in [1.29, 1.82) is 0 Å². The molecule has 0 bridgehead atoms. The van der Waals surface area contributed by atoms with Gasteiger partial charge in [0.15, 0.2) is 0 Å². The summed E-state index contributed by atoms with van der Waals surface area (Å²) in [6.45, 7) is 14.0. The van der Waals surface area contributed by atoms with Crippen LogP contribution in [0.4, 0.5) is 4.79 Å². The van der Waals surface area contributed by atoms with Crippen molar-refractivity contribution >= 4 is 18.7 Å². The molecule has 1 aromatic heterocycles. The minimum Gasteiger partial charge on any atom is -0.470 e. The van der Waals surface area contributed by atoms with Gasteiger partial charge < -0.3 is 24.5 Å². The van der Waals surface area contributed by atoms with Gasteiger partial charge in [0.05, 0.1) is 11.2 Å². The highest BCUT2D eigenvalue weighted by molar-refractivity contribution is 6.62. The second-order valence-electron chi connectivity index (χ2n) is 8.62. The summed E-state index contributed by atoms with van der Waals surface area (Å²) in [5, 5.41) is 0. The highest BCUT2D eigenvalue weighted by atomic mass is 16.7. The summed E-state index contributed by atoms with van der Waals surface area (Å²) in [6.07, 6.45) is 0.462. The van der Waals surface area contributed by atoms with Crippen molar-refractivity contribution in [2.24, 2.45) is 11.1 Å². The van der Waals surface area contributed by atoms with E-state index in [1.807, 2.05) is 54.5 Å². The molecule has 1 aromatic rings. The minimum atomic E-state index is -0.827. The number of carbonyl (C=O) groups is 1.